The zero-order valence-corrected chi connectivity index (χ0v) is 53.1. The van der Waals surface area contributed by atoms with Gasteiger partial charge in [-0.1, -0.05) is 166 Å². The molecule has 0 saturated carbocycles. The van der Waals surface area contributed by atoms with Gasteiger partial charge in [-0.25, -0.2) is 29.9 Å². The summed E-state index contributed by atoms with van der Waals surface area (Å²) in [5.41, 5.74) is 30.8. The molecule has 5 aromatic carbocycles. The number of allylic oxidation sites excluding steroid dienone is 13. The number of aromatic nitrogens is 7. The van der Waals surface area contributed by atoms with Gasteiger partial charge in [-0.05, 0) is 155 Å². The maximum atomic E-state index is 5.91. The molecule has 9 heterocycles. The molecule has 1 unspecified atom stereocenters. The Kier molecular flexibility index (Phi) is 13.3. The minimum absolute atomic E-state index is 0.0506. The summed E-state index contributed by atoms with van der Waals surface area (Å²) in [5, 5.41) is 8.76. The summed E-state index contributed by atoms with van der Waals surface area (Å²) in [5.74, 6) is -0.0506. The van der Waals surface area contributed by atoms with Crippen LogP contribution in [0.1, 0.15) is 117 Å². The summed E-state index contributed by atoms with van der Waals surface area (Å²) in [4.78, 5) is 42.6. The zero-order valence-electron chi connectivity index (χ0n) is 53.1. The van der Waals surface area contributed by atoms with Crippen molar-refractivity contribution in [3.63, 3.8) is 0 Å². The van der Waals surface area contributed by atoms with Crippen LogP contribution < -0.4 is 21.0 Å². The average molecular weight is 1170 g/mol. The Hall–Kier alpha value is -10.4. The van der Waals surface area contributed by atoms with E-state index in [9.17, 15) is 0 Å². The molecule has 0 spiro atoms. The van der Waals surface area contributed by atoms with Gasteiger partial charge in [0.25, 0.3) is 0 Å². The predicted octanol–water partition coefficient (Wildman–Crippen LogP) is 18.3. The molecule has 0 amide bonds. The maximum Gasteiger partial charge on any atom is 0.0995 e. The monoisotopic (exact) mass is 1170 g/mol. The van der Waals surface area contributed by atoms with E-state index in [1.165, 1.54) is 5.57 Å². The van der Waals surface area contributed by atoms with Crippen molar-refractivity contribution < 1.29 is 0 Å². The fourth-order valence-corrected chi connectivity index (χ4v) is 14.7. The predicted molar refractivity (Wildman–Crippen MR) is 381 cm³/mol. The van der Waals surface area contributed by atoms with Gasteiger partial charge in [0.05, 0.1) is 83.5 Å². The Morgan fingerprint density at radius 2 is 1.38 bits per heavy atom. The number of fused-ring (bicyclic) bond motifs is 17. The molecular formula is C82H70N8. The first-order valence-electron chi connectivity index (χ1n) is 31.5. The van der Waals surface area contributed by atoms with E-state index in [1.54, 1.807) is 0 Å². The maximum absolute atomic E-state index is 5.91. The molecule has 15 rings (SSSR count). The number of para-hydroxylation sites is 2. The second-order valence-corrected chi connectivity index (χ2v) is 24.7. The lowest BCUT2D eigenvalue weighted by Gasteiger charge is -2.16. The van der Waals surface area contributed by atoms with Crippen LogP contribution >= 0.6 is 0 Å². The molecule has 438 valence electrons. The van der Waals surface area contributed by atoms with Gasteiger partial charge in [0, 0.05) is 82.4 Å². The fraction of sp³-hybridized carbons (Fsp3) is 0.171. The van der Waals surface area contributed by atoms with E-state index in [0.29, 0.717) is 0 Å². The third kappa shape index (κ3) is 8.41. The first-order chi connectivity index (χ1) is 43.7. The quantitative estimate of drug-likeness (QED) is 0.101. The standard InChI is InChI=1S/C82H70N8/c1-14-23-51(24-15-2)67-71-45(8)54(17-4)75(85-71)53(16-3)43(6)32-35-58-46(9)69-62(37-39-65(83-69)60-29-21-27-56-48(11)72(67)87-77(56)60)81-79(58)89-80-59-36-33-44(7)55-34-31-42(5)41-64-50(13)74(86-76(55)64)68(52-25-19-18-20-26-52)73-49(12)57-28-22-30-61(78(57)88-73)66-40-38-63(82(80)90-81)70(84-66)47(59)10/h14,16-30,32-41,43,85,88H,4,7,15,31H2,1-3,5-6,8-13H3/b23-14?,35-32-,36-33?,51-24?,53-16?,72-67?,74-68?. The minimum atomic E-state index is -0.0506. The molecule has 6 aromatic heterocycles. The number of nitrogens with one attached hydrogen (secondary N) is 2. The summed E-state index contributed by atoms with van der Waals surface area (Å²) in [6, 6.07) is 36.8. The van der Waals surface area contributed by atoms with Gasteiger partial charge >= 0.3 is 0 Å². The van der Waals surface area contributed by atoms with Gasteiger partial charge in [0.15, 0.2) is 0 Å². The van der Waals surface area contributed by atoms with E-state index >= 15 is 0 Å². The number of H-pyrrole nitrogens is 2. The first-order valence-corrected chi connectivity index (χ1v) is 31.5. The smallest absolute Gasteiger partial charge is 0.0995 e. The van der Waals surface area contributed by atoms with Gasteiger partial charge in [0.2, 0.25) is 0 Å². The van der Waals surface area contributed by atoms with Crippen LogP contribution in [0.2, 0.25) is 0 Å². The highest BCUT2D eigenvalue weighted by molar-refractivity contribution is 6.19. The summed E-state index contributed by atoms with van der Waals surface area (Å²) < 4.78 is 0. The topological polar surface area (TPSA) is 108 Å². The molecule has 3 aliphatic heterocycles. The first kappa shape index (κ1) is 56.1. The minimum Gasteiger partial charge on any atom is -0.354 e. The van der Waals surface area contributed by atoms with Crippen LogP contribution in [0.15, 0.2) is 168 Å². The number of hydrogen-bond donors (Lipinski definition) is 2. The molecule has 8 heteroatoms. The van der Waals surface area contributed by atoms with E-state index in [0.717, 1.165) is 228 Å². The Morgan fingerprint density at radius 3 is 2.16 bits per heavy atom. The molecule has 90 heavy (non-hydrogen) atoms. The highest BCUT2D eigenvalue weighted by atomic mass is 14.9. The van der Waals surface area contributed by atoms with Gasteiger partial charge in [0.1, 0.15) is 0 Å². The highest BCUT2D eigenvalue weighted by Gasteiger charge is 2.29. The summed E-state index contributed by atoms with van der Waals surface area (Å²) in [7, 11) is 0. The number of pyridine rings is 2. The van der Waals surface area contributed by atoms with E-state index < -0.39 is 0 Å². The SMILES string of the molecule is C=Cc1c2[nH]c(c1C)C(C(C=CC)=CCC)=C1N=c3c(cccc3=C1C)-c1ccc3c(n1)c(C)c(c1nc4c5ccc(=C)c6c7nc(c(-c8ccccc8)c8[nH]c9c(cccc9c9ccc(c(n9)c5C)c4nc13)c8C)C(C)=C7C=C(C)CC=6)/C=C\C(C)C2=CC. The second-order valence-electron chi connectivity index (χ2n) is 24.7. The van der Waals surface area contributed by atoms with E-state index in [4.69, 9.17) is 36.5 Å². The van der Waals surface area contributed by atoms with Crippen molar-refractivity contribution in [2.45, 2.75) is 89.0 Å². The van der Waals surface area contributed by atoms with Crippen LogP contribution in [-0.2, 0) is 0 Å². The summed E-state index contributed by atoms with van der Waals surface area (Å²) in [6.45, 7) is 33.4. The molecule has 1 atom stereocenters. The molecule has 8 nitrogen and oxygen atoms in total. The van der Waals surface area contributed by atoms with Gasteiger partial charge in [-0.2, -0.15) is 0 Å². The Labute approximate surface area is 523 Å². The molecule has 2 N–H and O–H groups in total. The van der Waals surface area contributed by atoms with E-state index in [-0.39, 0.29) is 5.92 Å². The van der Waals surface area contributed by atoms with Crippen molar-refractivity contribution in [3.05, 3.63) is 240 Å². The second kappa shape index (κ2) is 21.4. The van der Waals surface area contributed by atoms with Crippen molar-refractivity contribution in [1.29, 1.82) is 0 Å². The fourth-order valence-electron chi connectivity index (χ4n) is 14.7. The van der Waals surface area contributed by atoms with Crippen molar-refractivity contribution in [2.24, 2.45) is 10.9 Å². The average Bonchev–Trinajstić information content (AvgIpc) is 0.826. The number of hydrogen-bond acceptors (Lipinski definition) is 6. The Bertz CT molecular complexity index is 5750. The number of nitrogens with zero attached hydrogens (tertiary/aromatic N) is 6. The molecule has 1 aliphatic carbocycles. The van der Waals surface area contributed by atoms with Crippen LogP contribution in [0.3, 0.4) is 0 Å². The zero-order chi connectivity index (χ0) is 62.1. The van der Waals surface area contributed by atoms with Crippen LogP contribution in [0.25, 0.3) is 152 Å². The van der Waals surface area contributed by atoms with Crippen LogP contribution in [0.5, 0.6) is 0 Å². The van der Waals surface area contributed by atoms with Crippen LogP contribution in [0.4, 0.5) is 0 Å². The normalized spacial score (nSPS) is 16.2. The molecule has 4 aliphatic rings. The van der Waals surface area contributed by atoms with Crippen molar-refractivity contribution in [2.75, 3.05) is 0 Å². The molecular weight excluding hydrogens is 1100 g/mol. The van der Waals surface area contributed by atoms with Crippen molar-refractivity contribution in [1.82, 2.24) is 34.9 Å². The Morgan fingerprint density at radius 1 is 0.644 bits per heavy atom. The third-order valence-electron chi connectivity index (χ3n) is 19.4. The lowest BCUT2D eigenvalue weighted by molar-refractivity contribution is 0.957. The number of benzene rings is 5. The van der Waals surface area contributed by atoms with Crippen molar-refractivity contribution in [3.8, 4) is 22.4 Å². The largest absolute Gasteiger partial charge is 0.354 e. The van der Waals surface area contributed by atoms with Crippen LogP contribution in [0, 0.1) is 33.6 Å². The van der Waals surface area contributed by atoms with Crippen LogP contribution in [-0.4, -0.2) is 34.9 Å². The molecule has 0 saturated heterocycles. The number of rotatable bonds is 5. The summed E-state index contributed by atoms with van der Waals surface area (Å²) in [6.07, 6.45) is 21.7. The van der Waals surface area contributed by atoms with Gasteiger partial charge < -0.3 is 9.97 Å². The summed E-state index contributed by atoms with van der Waals surface area (Å²) >= 11 is 0. The lowest BCUT2D eigenvalue weighted by atomic mass is 9.91. The van der Waals surface area contributed by atoms with Gasteiger partial charge in [-0.15, -0.1) is 0 Å². The third-order valence-corrected chi connectivity index (χ3v) is 19.4. The van der Waals surface area contributed by atoms with E-state index in [1.807, 2.05) is 6.08 Å². The molecule has 0 radical (unpaired) electrons. The van der Waals surface area contributed by atoms with Crippen molar-refractivity contribution >= 4 is 129 Å². The highest BCUT2D eigenvalue weighted by Crippen LogP contribution is 2.44. The number of aromatic amines is 2. The molecule has 11 aromatic rings. The Balaban J connectivity index is 1.08. The molecule has 0 fully saturated rings. The van der Waals surface area contributed by atoms with Gasteiger partial charge in [-0.3, -0.25) is 0 Å². The van der Waals surface area contributed by atoms with E-state index in [2.05, 4.69) is 244 Å². The molecule has 14 bridgehead atoms. The lowest BCUT2D eigenvalue weighted by Crippen LogP contribution is -2.25. The number of aryl methyl sites for hydroxylation is 3.